The van der Waals surface area contributed by atoms with Gasteiger partial charge < -0.3 is 35.0 Å². The lowest BCUT2D eigenvalue weighted by Crippen LogP contribution is -2.83. The number of ketones is 1. The summed E-state index contributed by atoms with van der Waals surface area (Å²) < 4.78 is 13.2. The van der Waals surface area contributed by atoms with Gasteiger partial charge in [0.25, 0.3) is 0 Å². The molecule has 252 valence electrons. The lowest BCUT2D eigenvalue weighted by molar-refractivity contribution is -0.261. The fourth-order valence-electron chi connectivity index (χ4n) is 12.7. The maximum absolute atomic E-state index is 15.1. The third-order valence-electron chi connectivity index (χ3n) is 14.5. The van der Waals surface area contributed by atoms with Crippen LogP contribution < -0.4 is 9.47 Å². The van der Waals surface area contributed by atoms with Gasteiger partial charge in [-0.2, -0.15) is 0 Å². The number of phenols is 2. The number of rotatable bonds is 5. The first-order valence-corrected chi connectivity index (χ1v) is 17.4. The average molecular weight is 655 g/mol. The Morgan fingerprint density at radius 3 is 1.96 bits per heavy atom. The molecule has 10 nitrogen and oxygen atoms in total. The van der Waals surface area contributed by atoms with Crippen LogP contribution >= 0.6 is 0 Å². The molecule has 4 heterocycles. The van der Waals surface area contributed by atoms with Crippen molar-refractivity contribution in [3.05, 3.63) is 71.8 Å². The van der Waals surface area contributed by atoms with Crippen LogP contribution in [0.1, 0.15) is 54.4 Å². The molecule has 0 amide bonds. The number of hydrogen-bond acceptors (Lipinski definition) is 10. The predicted molar refractivity (Wildman–Crippen MR) is 173 cm³/mol. The van der Waals surface area contributed by atoms with E-state index in [1.54, 1.807) is 12.1 Å². The lowest BCUT2D eigenvalue weighted by Gasteiger charge is -2.68. The Hall–Kier alpha value is -3.41. The van der Waals surface area contributed by atoms with Crippen LogP contribution in [0, 0.1) is 5.92 Å². The third-order valence-corrected chi connectivity index (χ3v) is 14.5. The minimum absolute atomic E-state index is 0.0232. The van der Waals surface area contributed by atoms with Crippen molar-refractivity contribution in [2.45, 2.75) is 96.9 Å². The summed E-state index contributed by atoms with van der Waals surface area (Å²) in [7, 11) is 0. The second kappa shape index (κ2) is 9.03. The lowest BCUT2D eigenvalue weighted by atomic mass is 9.42. The maximum atomic E-state index is 15.1. The zero-order valence-electron chi connectivity index (χ0n) is 26.9. The van der Waals surface area contributed by atoms with Gasteiger partial charge in [0.1, 0.15) is 11.7 Å². The summed E-state index contributed by atoms with van der Waals surface area (Å²) in [6, 6.07) is 6.34. The van der Waals surface area contributed by atoms with Gasteiger partial charge >= 0.3 is 0 Å². The van der Waals surface area contributed by atoms with Gasteiger partial charge in [-0.25, -0.2) is 0 Å². The van der Waals surface area contributed by atoms with Gasteiger partial charge in [0.2, 0.25) is 0 Å². The highest BCUT2D eigenvalue weighted by Gasteiger charge is 2.81. The number of aliphatic hydroxyl groups is 3. The van der Waals surface area contributed by atoms with Crippen LogP contribution in [0.25, 0.3) is 0 Å². The number of carbonyl (C=O) groups excluding carboxylic acids is 1. The molecule has 4 bridgehead atoms. The van der Waals surface area contributed by atoms with Crippen LogP contribution in [-0.4, -0.2) is 108 Å². The first-order valence-electron chi connectivity index (χ1n) is 17.4. The molecule has 6 unspecified atom stereocenters. The SMILES string of the molecule is C=CCN1CC[C@]23c4c5ccc(O)c4OC2C(=O)C(C2(O)CC[C@@]4(O)C6Cc7ccc(O)c8c7[C@@]4(CCN6CC=C)C2O8)C[C@@]3(O)C1C5. The standard InChI is InChI=1S/C38H42N2O8/c1-3-13-39-16-12-35-28-21-6-8-24(42)31(28)48-33(35)36(44,9-10-37(35,45)25(39)17-21)22-19-38(46)26-18-20-5-7-23(41)30-27(20)34(38,32(47-30)29(22)43)11-15-40(26)14-4-2/h3-8,22,25-26,32-33,41-42,44-46H,1-2,9-19H2/t22?,25?,26?,32?,33?,34-,35-,36?,37+,38+/m0/s1. The number of aromatic hydroxyl groups is 2. The van der Waals surface area contributed by atoms with Gasteiger partial charge in [0.05, 0.1) is 27.9 Å². The Morgan fingerprint density at radius 1 is 0.771 bits per heavy atom. The monoisotopic (exact) mass is 654 g/mol. The average Bonchev–Trinajstić information content (AvgIpc) is 3.61. The molecule has 10 atom stereocenters. The molecule has 10 rings (SSSR count). The third kappa shape index (κ3) is 2.93. The Bertz CT molecular complexity index is 1850. The van der Waals surface area contributed by atoms with E-state index < -0.39 is 45.8 Å². The van der Waals surface area contributed by atoms with Crippen molar-refractivity contribution in [1.82, 2.24) is 9.80 Å². The maximum Gasteiger partial charge on any atom is 0.180 e. The van der Waals surface area contributed by atoms with E-state index in [0.717, 1.165) is 22.3 Å². The molecule has 48 heavy (non-hydrogen) atoms. The number of benzene rings is 2. The molecule has 0 aromatic heterocycles. The van der Waals surface area contributed by atoms with E-state index in [1.807, 2.05) is 24.3 Å². The number of hydrogen-bond donors (Lipinski definition) is 5. The molecule has 4 aliphatic heterocycles. The summed E-state index contributed by atoms with van der Waals surface area (Å²) in [5.41, 5.74) is -3.35. The molecule has 10 heteroatoms. The molecule has 2 aromatic carbocycles. The normalized spacial score (nSPS) is 44.3. The first kappa shape index (κ1) is 29.5. The van der Waals surface area contributed by atoms with Crippen LogP contribution in [0.5, 0.6) is 23.0 Å². The number of carbonyl (C=O) groups is 1. The predicted octanol–water partition coefficient (Wildman–Crippen LogP) is 2.00. The van der Waals surface area contributed by atoms with E-state index in [2.05, 4.69) is 23.0 Å². The number of nitrogens with zero attached hydrogens (tertiary/aromatic N) is 2. The molecule has 4 aliphatic carbocycles. The number of ether oxygens (including phenoxy) is 2. The van der Waals surface area contributed by atoms with Crippen molar-refractivity contribution in [2.24, 2.45) is 5.92 Å². The van der Waals surface area contributed by atoms with E-state index >= 15 is 4.79 Å². The van der Waals surface area contributed by atoms with Crippen LogP contribution in [-0.2, 0) is 28.5 Å². The van der Waals surface area contributed by atoms with Crippen molar-refractivity contribution < 1.29 is 39.8 Å². The molecular weight excluding hydrogens is 612 g/mol. The minimum atomic E-state index is -1.80. The summed E-state index contributed by atoms with van der Waals surface area (Å²) in [5, 5.41) is 61.6. The number of Topliss-reactive ketones (excluding diaryl/α,β-unsaturated/α-hetero) is 1. The first-order chi connectivity index (χ1) is 23.0. The smallest absolute Gasteiger partial charge is 0.180 e. The molecule has 2 aromatic rings. The summed E-state index contributed by atoms with van der Waals surface area (Å²) in [5.74, 6) is -0.997. The highest BCUT2D eigenvalue weighted by atomic mass is 16.5. The number of piperidine rings is 2. The second-order valence-electron chi connectivity index (χ2n) is 15.8. The molecule has 2 saturated heterocycles. The van der Waals surface area contributed by atoms with E-state index in [4.69, 9.17) is 9.47 Å². The summed E-state index contributed by atoms with van der Waals surface area (Å²) >= 11 is 0. The van der Waals surface area contributed by atoms with Gasteiger partial charge in [-0.3, -0.25) is 14.6 Å². The van der Waals surface area contributed by atoms with Crippen molar-refractivity contribution in [3.8, 4) is 23.0 Å². The van der Waals surface area contributed by atoms with Crippen molar-refractivity contribution >= 4 is 5.78 Å². The van der Waals surface area contributed by atoms with E-state index in [9.17, 15) is 25.5 Å². The van der Waals surface area contributed by atoms with Crippen LogP contribution in [0.4, 0.5) is 0 Å². The second-order valence-corrected chi connectivity index (χ2v) is 15.8. The van der Waals surface area contributed by atoms with Crippen molar-refractivity contribution in [3.63, 3.8) is 0 Å². The Labute approximate surface area is 278 Å². The molecule has 4 fully saturated rings. The topological polar surface area (TPSA) is 143 Å². The summed E-state index contributed by atoms with van der Waals surface area (Å²) in [6.07, 6.45) is 3.74. The van der Waals surface area contributed by atoms with Gasteiger partial charge in [-0.1, -0.05) is 24.3 Å². The number of phenolic OH excluding ortho intramolecular Hbond substituents is 2. The van der Waals surface area contributed by atoms with Gasteiger partial charge in [-0.05, 0) is 74.8 Å². The van der Waals surface area contributed by atoms with Crippen LogP contribution in [0.3, 0.4) is 0 Å². The van der Waals surface area contributed by atoms with Gasteiger partial charge in [0, 0.05) is 42.8 Å². The van der Waals surface area contributed by atoms with E-state index in [-0.39, 0.29) is 60.1 Å². The highest BCUT2D eigenvalue weighted by Crippen LogP contribution is 2.71. The Balaban J connectivity index is 1.15. The fourth-order valence-corrected chi connectivity index (χ4v) is 12.7. The van der Waals surface area contributed by atoms with Gasteiger partial charge in [-0.15, -0.1) is 13.2 Å². The van der Waals surface area contributed by atoms with Gasteiger partial charge in [0.15, 0.2) is 34.9 Å². The molecular formula is C38H42N2O8. The fraction of sp³-hybridized carbons (Fsp3) is 0.553. The summed E-state index contributed by atoms with van der Waals surface area (Å²) in [4.78, 5) is 19.6. The van der Waals surface area contributed by atoms with Crippen LogP contribution in [0.2, 0.25) is 0 Å². The van der Waals surface area contributed by atoms with E-state index in [1.165, 1.54) is 0 Å². The van der Waals surface area contributed by atoms with E-state index in [0.29, 0.717) is 51.9 Å². The molecule has 0 radical (unpaired) electrons. The highest BCUT2D eigenvalue weighted by molar-refractivity contribution is 5.93. The molecule has 2 saturated carbocycles. The Kier molecular flexibility index (Phi) is 5.55. The van der Waals surface area contributed by atoms with Crippen molar-refractivity contribution in [2.75, 3.05) is 26.2 Å². The molecule has 8 aliphatic rings. The Morgan fingerprint density at radius 2 is 1.33 bits per heavy atom. The zero-order chi connectivity index (χ0) is 33.2. The quantitative estimate of drug-likeness (QED) is 0.304. The molecule has 2 spiro atoms. The minimum Gasteiger partial charge on any atom is -0.504 e. The number of likely N-dealkylation sites (tertiary alicyclic amines) is 2. The molecule has 5 N–H and O–H groups in total. The largest absolute Gasteiger partial charge is 0.504 e. The summed E-state index contributed by atoms with van der Waals surface area (Å²) in [6.45, 7) is 10.3. The van der Waals surface area contributed by atoms with Crippen molar-refractivity contribution in [1.29, 1.82) is 0 Å². The zero-order valence-corrected chi connectivity index (χ0v) is 26.9. The van der Waals surface area contributed by atoms with Crippen LogP contribution in [0.15, 0.2) is 49.6 Å².